The van der Waals surface area contributed by atoms with E-state index in [1.807, 2.05) is 13.1 Å². The maximum Gasteiger partial charge on any atom is 0.193 e. The molecular weight excluding hydrogens is 352 g/mol. The highest BCUT2D eigenvalue weighted by Gasteiger charge is 2.20. The van der Waals surface area contributed by atoms with E-state index in [9.17, 15) is 0 Å². The second kappa shape index (κ2) is 11.3. The van der Waals surface area contributed by atoms with Gasteiger partial charge in [-0.1, -0.05) is 17.7 Å². The first-order chi connectivity index (χ1) is 12.7. The van der Waals surface area contributed by atoms with Gasteiger partial charge >= 0.3 is 0 Å². The Balaban J connectivity index is 1.74. The largest absolute Gasteiger partial charge is 0.382 e. The average Bonchev–Trinajstić information content (AvgIpc) is 2.66. The minimum Gasteiger partial charge on any atom is -0.382 e. The number of piperazine rings is 1. The molecule has 0 radical (unpaired) electrons. The number of aryl methyl sites for hydroxylation is 1. The van der Waals surface area contributed by atoms with Crippen LogP contribution < -0.4 is 10.2 Å². The van der Waals surface area contributed by atoms with E-state index < -0.39 is 0 Å². The zero-order chi connectivity index (χ0) is 18.8. The number of nitrogens with zero attached hydrogens (tertiary/aromatic N) is 3. The van der Waals surface area contributed by atoms with Crippen LogP contribution in [0.25, 0.3) is 0 Å². The zero-order valence-electron chi connectivity index (χ0n) is 16.1. The third-order valence-electron chi connectivity index (χ3n) is 4.48. The standard InChI is InChI=1S/C19H31ClN4O2/c1-16-5-6-17(20)15-18(16)23-8-10-24(11-9-23)19(21-2)22-7-4-12-26-14-13-25-3/h5-6,15H,4,7-14H2,1-3H3,(H,21,22). The molecule has 0 spiro atoms. The molecule has 1 aliphatic heterocycles. The highest BCUT2D eigenvalue weighted by atomic mass is 35.5. The van der Waals surface area contributed by atoms with Crippen molar-refractivity contribution in [1.29, 1.82) is 0 Å². The van der Waals surface area contributed by atoms with E-state index in [1.165, 1.54) is 11.3 Å². The SMILES string of the molecule is CN=C(NCCCOCCOC)N1CCN(c2cc(Cl)ccc2C)CC1. The molecule has 1 N–H and O–H groups in total. The summed E-state index contributed by atoms with van der Waals surface area (Å²) >= 11 is 6.17. The normalized spacial score (nSPS) is 15.5. The van der Waals surface area contributed by atoms with Crippen LogP contribution in [0.15, 0.2) is 23.2 Å². The Morgan fingerprint density at radius 1 is 1.19 bits per heavy atom. The van der Waals surface area contributed by atoms with E-state index >= 15 is 0 Å². The van der Waals surface area contributed by atoms with Crippen molar-refractivity contribution < 1.29 is 9.47 Å². The molecule has 1 saturated heterocycles. The monoisotopic (exact) mass is 382 g/mol. The summed E-state index contributed by atoms with van der Waals surface area (Å²) in [5.74, 6) is 0.962. The number of benzene rings is 1. The summed E-state index contributed by atoms with van der Waals surface area (Å²) in [5, 5.41) is 4.22. The van der Waals surface area contributed by atoms with Crippen LogP contribution in [0.4, 0.5) is 5.69 Å². The summed E-state index contributed by atoms with van der Waals surface area (Å²) in [6, 6.07) is 6.09. The molecular formula is C19H31ClN4O2. The lowest BCUT2D eigenvalue weighted by Crippen LogP contribution is -2.52. The van der Waals surface area contributed by atoms with Gasteiger partial charge in [0.15, 0.2) is 5.96 Å². The summed E-state index contributed by atoms with van der Waals surface area (Å²) in [5.41, 5.74) is 2.49. The highest BCUT2D eigenvalue weighted by Crippen LogP contribution is 2.25. The van der Waals surface area contributed by atoms with Crippen LogP contribution in [-0.2, 0) is 9.47 Å². The fraction of sp³-hybridized carbons (Fsp3) is 0.632. The molecule has 26 heavy (non-hydrogen) atoms. The van der Waals surface area contributed by atoms with Crippen molar-refractivity contribution in [3.63, 3.8) is 0 Å². The molecule has 1 fully saturated rings. The van der Waals surface area contributed by atoms with E-state index in [1.54, 1.807) is 7.11 Å². The number of hydrogen-bond donors (Lipinski definition) is 1. The second-order valence-electron chi connectivity index (χ2n) is 6.34. The van der Waals surface area contributed by atoms with E-state index in [-0.39, 0.29) is 0 Å². The molecule has 1 aliphatic rings. The Morgan fingerprint density at radius 3 is 2.65 bits per heavy atom. The molecule has 0 atom stereocenters. The van der Waals surface area contributed by atoms with Crippen LogP contribution in [0.3, 0.4) is 0 Å². The van der Waals surface area contributed by atoms with Crippen LogP contribution in [0.2, 0.25) is 5.02 Å². The number of rotatable bonds is 8. The van der Waals surface area contributed by atoms with Crippen LogP contribution in [0, 0.1) is 6.92 Å². The Morgan fingerprint density at radius 2 is 1.96 bits per heavy atom. The average molecular weight is 383 g/mol. The quantitative estimate of drug-likeness (QED) is 0.425. The third kappa shape index (κ3) is 6.34. The fourth-order valence-corrected chi connectivity index (χ4v) is 3.20. The number of anilines is 1. The maximum atomic E-state index is 6.17. The van der Waals surface area contributed by atoms with Crippen molar-refractivity contribution in [1.82, 2.24) is 10.2 Å². The smallest absolute Gasteiger partial charge is 0.193 e. The zero-order valence-corrected chi connectivity index (χ0v) is 16.9. The van der Waals surface area contributed by atoms with Gasteiger partial charge in [-0.2, -0.15) is 0 Å². The highest BCUT2D eigenvalue weighted by molar-refractivity contribution is 6.30. The summed E-state index contributed by atoms with van der Waals surface area (Å²) < 4.78 is 10.4. The number of aliphatic imine (C=N–C) groups is 1. The molecule has 1 aromatic carbocycles. The summed E-state index contributed by atoms with van der Waals surface area (Å²) in [6.45, 7) is 8.81. The number of ether oxygens (including phenoxy) is 2. The number of nitrogens with one attached hydrogen (secondary N) is 1. The van der Waals surface area contributed by atoms with Gasteiger partial charge < -0.3 is 24.6 Å². The first-order valence-electron chi connectivity index (χ1n) is 9.19. The van der Waals surface area contributed by atoms with Gasteiger partial charge in [0.2, 0.25) is 0 Å². The molecule has 7 heteroatoms. The lowest BCUT2D eigenvalue weighted by Gasteiger charge is -2.38. The molecule has 146 valence electrons. The first-order valence-corrected chi connectivity index (χ1v) is 9.57. The van der Waals surface area contributed by atoms with Crippen LogP contribution in [-0.4, -0.2) is 77.6 Å². The Bertz CT molecular complexity index is 575. The molecule has 0 bridgehead atoms. The lowest BCUT2D eigenvalue weighted by atomic mass is 10.1. The summed E-state index contributed by atoms with van der Waals surface area (Å²) in [6.07, 6.45) is 0.949. The van der Waals surface area contributed by atoms with Crippen molar-refractivity contribution in [2.75, 3.05) is 71.6 Å². The van der Waals surface area contributed by atoms with Crippen molar-refractivity contribution in [2.45, 2.75) is 13.3 Å². The minimum atomic E-state index is 0.644. The Kier molecular flexibility index (Phi) is 9.01. The predicted octanol–water partition coefficient (Wildman–Crippen LogP) is 2.40. The van der Waals surface area contributed by atoms with Crippen LogP contribution in [0.1, 0.15) is 12.0 Å². The molecule has 0 amide bonds. The summed E-state index contributed by atoms with van der Waals surface area (Å²) in [4.78, 5) is 9.12. The van der Waals surface area contributed by atoms with Crippen molar-refractivity contribution >= 4 is 23.2 Å². The topological polar surface area (TPSA) is 49.3 Å². The number of guanidine groups is 1. The second-order valence-corrected chi connectivity index (χ2v) is 6.77. The first kappa shape index (κ1) is 20.8. The molecule has 0 unspecified atom stereocenters. The van der Waals surface area contributed by atoms with E-state index in [4.69, 9.17) is 21.1 Å². The molecule has 1 heterocycles. The van der Waals surface area contributed by atoms with Gasteiger partial charge in [0.25, 0.3) is 0 Å². The molecule has 0 saturated carbocycles. The molecule has 0 aromatic heterocycles. The Labute approximate surface area is 162 Å². The van der Waals surface area contributed by atoms with Gasteiger partial charge in [0.05, 0.1) is 13.2 Å². The third-order valence-corrected chi connectivity index (χ3v) is 4.72. The van der Waals surface area contributed by atoms with Crippen LogP contribution in [0.5, 0.6) is 0 Å². The summed E-state index contributed by atoms with van der Waals surface area (Å²) in [7, 11) is 3.52. The van der Waals surface area contributed by atoms with Gasteiger partial charge in [-0.15, -0.1) is 0 Å². The van der Waals surface area contributed by atoms with E-state index in [2.05, 4.69) is 39.2 Å². The van der Waals surface area contributed by atoms with Crippen molar-refractivity contribution in [2.24, 2.45) is 4.99 Å². The van der Waals surface area contributed by atoms with Crippen molar-refractivity contribution in [3.8, 4) is 0 Å². The van der Waals surface area contributed by atoms with Gasteiger partial charge in [-0.25, -0.2) is 0 Å². The molecule has 6 nitrogen and oxygen atoms in total. The number of methoxy groups -OCH3 is 1. The lowest BCUT2D eigenvalue weighted by molar-refractivity contribution is 0.0698. The number of halogens is 1. The van der Waals surface area contributed by atoms with Crippen LogP contribution >= 0.6 is 11.6 Å². The molecule has 0 aliphatic carbocycles. The van der Waals surface area contributed by atoms with Crippen molar-refractivity contribution in [3.05, 3.63) is 28.8 Å². The van der Waals surface area contributed by atoms with E-state index in [0.717, 1.165) is 56.7 Å². The minimum absolute atomic E-state index is 0.644. The Hall–Kier alpha value is -1.50. The van der Waals surface area contributed by atoms with Gasteiger partial charge in [0.1, 0.15) is 0 Å². The number of hydrogen-bond acceptors (Lipinski definition) is 4. The maximum absolute atomic E-state index is 6.17. The van der Waals surface area contributed by atoms with E-state index in [0.29, 0.717) is 13.2 Å². The van der Waals surface area contributed by atoms with Gasteiger partial charge in [-0.3, -0.25) is 4.99 Å². The van der Waals surface area contributed by atoms with Gasteiger partial charge in [0, 0.05) is 64.2 Å². The predicted molar refractivity (Wildman–Crippen MR) is 109 cm³/mol. The fourth-order valence-electron chi connectivity index (χ4n) is 3.03. The molecule has 2 rings (SSSR count). The molecule has 1 aromatic rings. The van der Waals surface area contributed by atoms with Gasteiger partial charge in [-0.05, 0) is 31.0 Å².